The van der Waals surface area contributed by atoms with E-state index < -0.39 is 5.91 Å². The van der Waals surface area contributed by atoms with Crippen LogP contribution in [0.2, 0.25) is 10.0 Å². The number of aromatic nitrogens is 1. The van der Waals surface area contributed by atoms with Gasteiger partial charge in [-0.3, -0.25) is 9.78 Å². The SMILES string of the molecule is O=C(Nc1c(Cl)cccc1Cl)c1ccc2cccnc2c1O. The first-order valence-electron chi connectivity index (χ1n) is 6.40. The predicted octanol–water partition coefficient (Wildman–Crippen LogP) is 4.50. The molecule has 0 atom stereocenters. The van der Waals surface area contributed by atoms with E-state index in [0.717, 1.165) is 5.39 Å². The lowest BCUT2D eigenvalue weighted by molar-refractivity contribution is 0.102. The Hall–Kier alpha value is -2.30. The summed E-state index contributed by atoms with van der Waals surface area (Å²) in [6.07, 6.45) is 1.55. The standard InChI is InChI=1S/C16H10Cl2N2O2/c17-11-4-1-5-12(18)14(11)20-16(22)10-7-6-9-3-2-8-19-13(9)15(10)21/h1-8,21H,(H,20,22). The first kappa shape index (κ1) is 14.6. The highest BCUT2D eigenvalue weighted by Gasteiger charge is 2.17. The Kier molecular flexibility index (Phi) is 3.88. The average Bonchev–Trinajstić information content (AvgIpc) is 2.51. The highest BCUT2D eigenvalue weighted by molar-refractivity contribution is 6.40. The molecular formula is C16H10Cl2N2O2. The number of fused-ring (bicyclic) bond motifs is 1. The van der Waals surface area contributed by atoms with Crippen LogP contribution >= 0.6 is 23.2 Å². The Bertz CT molecular complexity index is 861. The van der Waals surface area contributed by atoms with Gasteiger partial charge in [0.1, 0.15) is 5.52 Å². The number of nitrogens with zero attached hydrogens (tertiary/aromatic N) is 1. The fourth-order valence-electron chi connectivity index (χ4n) is 2.11. The summed E-state index contributed by atoms with van der Waals surface area (Å²) in [5.41, 5.74) is 0.763. The van der Waals surface area contributed by atoms with Crippen molar-refractivity contribution in [2.75, 3.05) is 5.32 Å². The van der Waals surface area contributed by atoms with Crippen LogP contribution in [0.15, 0.2) is 48.7 Å². The van der Waals surface area contributed by atoms with Gasteiger partial charge in [0.05, 0.1) is 21.3 Å². The third kappa shape index (κ3) is 2.58. The fourth-order valence-corrected chi connectivity index (χ4v) is 2.60. The molecule has 1 aromatic heterocycles. The van der Waals surface area contributed by atoms with Crippen LogP contribution in [0.3, 0.4) is 0 Å². The molecule has 2 N–H and O–H groups in total. The predicted molar refractivity (Wildman–Crippen MR) is 87.8 cm³/mol. The van der Waals surface area contributed by atoms with Crippen molar-refractivity contribution in [1.29, 1.82) is 0 Å². The molecule has 1 heterocycles. The number of hydrogen-bond donors (Lipinski definition) is 2. The monoisotopic (exact) mass is 332 g/mol. The van der Waals surface area contributed by atoms with Crippen LogP contribution < -0.4 is 5.32 Å². The number of para-hydroxylation sites is 1. The number of carbonyl (C=O) groups excluding carboxylic acids is 1. The molecule has 1 amide bonds. The summed E-state index contributed by atoms with van der Waals surface area (Å²) in [6.45, 7) is 0. The van der Waals surface area contributed by atoms with Gasteiger partial charge in [-0.25, -0.2) is 0 Å². The van der Waals surface area contributed by atoms with E-state index in [2.05, 4.69) is 10.3 Å². The average molecular weight is 333 g/mol. The van der Waals surface area contributed by atoms with Crippen molar-refractivity contribution in [2.45, 2.75) is 0 Å². The van der Waals surface area contributed by atoms with E-state index in [0.29, 0.717) is 21.2 Å². The first-order chi connectivity index (χ1) is 10.6. The van der Waals surface area contributed by atoms with Crippen LogP contribution in [0.4, 0.5) is 5.69 Å². The summed E-state index contributed by atoms with van der Waals surface area (Å²) in [4.78, 5) is 16.5. The third-order valence-electron chi connectivity index (χ3n) is 3.19. The molecule has 6 heteroatoms. The van der Waals surface area contributed by atoms with Gasteiger partial charge in [-0.15, -0.1) is 0 Å². The first-order valence-corrected chi connectivity index (χ1v) is 7.15. The van der Waals surface area contributed by atoms with Crippen LogP contribution in [-0.2, 0) is 0 Å². The molecule has 0 fully saturated rings. The minimum absolute atomic E-state index is 0.0992. The number of carbonyl (C=O) groups is 1. The molecule has 3 aromatic rings. The minimum Gasteiger partial charge on any atom is -0.505 e. The van der Waals surface area contributed by atoms with Gasteiger partial charge < -0.3 is 10.4 Å². The number of pyridine rings is 1. The van der Waals surface area contributed by atoms with Crippen LogP contribution in [0.25, 0.3) is 10.9 Å². The summed E-state index contributed by atoms with van der Waals surface area (Å²) < 4.78 is 0. The molecule has 0 radical (unpaired) electrons. The maximum Gasteiger partial charge on any atom is 0.259 e. The number of aromatic hydroxyl groups is 1. The van der Waals surface area contributed by atoms with Crippen molar-refractivity contribution in [2.24, 2.45) is 0 Å². The van der Waals surface area contributed by atoms with Gasteiger partial charge in [0.2, 0.25) is 0 Å². The molecule has 0 spiro atoms. The van der Waals surface area contributed by atoms with Crippen LogP contribution in [0.5, 0.6) is 5.75 Å². The molecule has 4 nitrogen and oxygen atoms in total. The van der Waals surface area contributed by atoms with Gasteiger partial charge in [-0.05, 0) is 24.3 Å². The van der Waals surface area contributed by atoms with E-state index in [1.165, 1.54) is 6.07 Å². The molecule has 0 aliphatic rings. The quantitative estimate of drug-likeness (QED) is 0.726. The Morgan fingerprint density at radius 2 is 1.77 bits per heavy atom. The smallest absolute Gasteiger partial charge is 0.259 e. The number of benzene rings is 2. The van der Waals surface area contributed by atoms with Crippen molar-refractivity contribution in [3.05, 3.63) is 64.3 Å². The highest BCUT2D eigenvalue weighted by Crippen LogP contribution is 2.32. The Balaban J connectivity index is 2.01. The molecule has 110 valence electrons. The minimum atomic E-state index is -0.514. The number of phenols is 1. The number of nitrogens with one attached hydrogen (secondary N) is 1. The van der Waals surface area contributed by atoms with Crippen molar-refractivity contribution in [1.82, 2.24) is 4.98 Å². The molecule has 0 aliphatic heterocycles. The van der Waals surface area contributed by atoms with Crippen LogP contribution in [-0.4, -0.2) is 16.0 Å². The van der Waals surface area contributed by atoms with Gasteiger partial charge >= 0.3 is 0 Å². The summed E-state index contributed by atoms with van der Waals surface area (Å²) in [5.74, 6) is -0.696. The maximum atomic E-state index is 12.4. The molecule has 3 rings (SSSR count). The molecule has 0 saturated heterocycles. The van der Waals surface area contributed by atoms with E-state index in [1.54, 1.807) is 42.6 Å². The number of hydrogen-bond acceptors (Lipinski definition) is 3. The Labute approximate surface area is 136 Å². The number of anilines is 1. The topological polar surface area (TPSA) is 62.2 Å². The molecule has 2 aromatic carbocycles. The van der Waals surface area contributed by atoms with Gasteiger partial charge in [-0.1, -0.05) is 41.4 Å². The third-order valence-corrected chi connectivity index (χ3v) is 3.82. The van der Waals surface area contributed by atoms with Gasteiger partial charge in [0.15, 0.2) is 5.75 Å². The number of rotatable bonds is 2. The number of halogens is 2. The fraction of sp³-hybridized carbons (Fsp3) is 0. The summed E-state index contributed by atoms with van der Waals surface area (Å²) in [5, 5.41) is 14.2. The molecule has 22 heavy (non-hydrogen) atoms. The molecule has 0 saturated carbocycles. The lowest BCUT2D eigenvalue weighted by atomic mass is 10.1. The normalized spacial score (nSPS) is 10.6. The Morgan fingerprint density at radius 1 is 1.05 bits per heavy atom. The van der Waals surface area contributed by atoms with Gasteiger partial charge in [-0.2, -0.15) is 0 Å². The van der Waals surface area contributed by atoms with Gasteiger partial charge in [0, 0.05) is 11.6 Å². The van der Waals surface area contributed by atoms with Crippen molar-refractivity contribution in [3.63, 3.8) is 0 Å². The van der Waals surface area contributed by atoms with E-state index in [9.17, 15) is 9.90 Å². The van der Waals surface area contributed by atoms with Crippen molar-refractivity contribution in [3.8, 4) is 5.75 Å². The van der Waals surface area contributed by atoms with Crippen molar-refractivity contribution < 1.29 is 9.90 Å². The molecule has 0 unspecified atom stereocenters. The second-order valence-corrected chi connectivity index (χ2v) is 5.40. The van der Waals surface area contributed by atoms with Crippen molar-refractivity contribution >= 4 is 45.7 Å². The lowest BCUT2D eigenvalue weighted by Gasteiger charge is -2.11. The molecule has 0 aliphatic carbocycles. The number of phenolic OH excluding ortho intramolecular Hbond substituents is 1. The summed E-state index contributed by atoms with van der Waals surface area (Å²) in [7, 11) is 0. The van der Waals surface area contributed by atoms with E-state index in [1.807, 2.05) is 0 Å². The van der Waals surface area contributed by atoms with Gasteiger partial charge in [0.25, 0.3) is 5.91 Å². The summed E-state index contributed by atoms with van der Waals surface area (Å²) in [6, 6.07) is 11.7. The largest absolute Gasteiger partial charge is 0.505 e. The van der Waals surface area contributed by atoms with E-state index >= 15 is 0 Å². The number of amides is 1. The second-order valence-electron chi connectivity index (χ2n) is 4.59. The van der Waals surface area contributed by atoms with Crippen LogP contribution in [0, 0.1) is 0 Å². The summed E-state index contributed by atoms with van der Waals surface area (Å²) >= 11 is 12.0. The molecule has 0 bridgehead atoms. The van der Waals surface area contributed by atoms with E-state index in [-0.39, 0.29) is 11.3 Å². The van der Waals surface area contributed by atoms with Crippen LogP contribution in [0.1, 0.15) is 10.4 Å². The second kappa shape index (κ2) is 5.83. The zero-order chi connectivity index (χ0) is 15.7. The zero-order valence-electron chi connectivity index (χ0n) is 11.2. The Morgan fingerprint density at radius 3 is 2.50 bits per heavy atom. The highest BCUT2D eigenvalue weighted by atomic mass is 35.5. The zero-order valence-corrected chi connectivity index (χ0v) is 12.7. The van der Waals surface area contributed by atoms with E-state index in [4.69, 9.17) is 23.2 Å². The maximum absolute atomic E-state index is 12.4. The molecular weight excluding hydrogens is 323 g/mol. The lowest BCUT2D eigenvalue weighted by Crippen LogP contribution is -2.13.